The van der Waals surface area contributed by atoms with Gasteiger partial charge in [0.2, 0.25) is 0 Å². The Morgan fingerprint density at radius 3 is 2.86 bits per heavy atom. The Labute approximate surface area is 128 Å². The molecule has 21 heavy (non-hydrogen) atoms. The number of hydrogen-bond acceptors (Lipinski definition) is 3. The molecule has 2 aromatic rings. The van der Waals surface area contributed by atoms with Crippen molar-refractivity contribution in [2.75, 3.05) is 11.9 Å². The number of aliphatic hydroxyl groups is 1. The highest BCUT2D eigenvalue weighted by Crippen LogP contribution is 2.20. The monoisotopic (exact) mass is 299 g/mol. The minimum Gasteiger partial charge on any atom is -0.395 e. The summed E-state index contributed by atoms with van der Waals surface area (Å²) >= 11 is 1.36. The van der Waals surface area contributed by atoms with Crippen LogP contribution in [0.4, 0.5) is 5.69 Å². The summed E-state index contributed by atoms with van der Waals surface area (Å²) in [5.74, 6) is 5.67. The molecular formula is C17H17NO2S. The summed E-state index contributed by atoms with van der Waals surface area (Å²) in [5.41, 5.74) is 1.97. The van der Waals surface area contributed by atoms with Crippen LogP contribution in [0.15, 0.2) is 36.4 Å². The second kappa shape index (κ2) is 7.63. The van der Waals surface area contributed by atoms with Crippen LogP contribution in [-0.4, -0.2) is 17.6 Å². The van der Waals surface area contributed by atoms with Gasteiger partial charge in [-0.25, -0.2) is 0 Å². The molecule has 0 unspecified atom stereocenters. The number of hydrogen-bond donors (Lipinski definition) is 2. The van der Waals surface area contributed by atoms with Crippen LogP contribution in [0.2, 0.25) is 0 Å². The number of benzene rings is 1. The molecule has 0 fully saturated rings. The molecule has 4 heteroatoms. The fraction of sp³-hybridized carbons (Fsp3) is 0.235. The van der Waals surface area contributed by atoms with Crippen LogP contribution < -0.4 is 5.32 Å². The van der Waals surface area contributed by atoms with Crippen molar-refractivity contribution in [2.24, 2.45) is 0 Å². The molecular weight excluding hydrogens is 282 g/mol. The number of para-hydroxylation sites is 1. The summed E-state index contributed by atoms with van der Waals surface area (Å²) in [6, 6.07) is 11.4. The third-order valence-electron chi connectivity index (χ3n) is 2.92. The largest absolute Gasteiger partial charge is 0.395 e. The van der Waals surface area contributed by atoms with Crippen molar-refractivity contribution in [3.8, 4) is 11.8 Å². The van der Waals surface area contributed by atoms with Crippen molar-refractivity contribution >= 4 is 22.9 Å². The molecule has 2 N–H and O–H groups in total. The van der Waals surface area contributed by atoms with Gasteiger partial charge in [-0.1, -0.05) is 37.0 Å². The molecule has 2 rings (SSSR count). The van der Waals surface area contributed by atoms with Crippen LogP contribution in [0.25, 0.3) is 0 Å². The zero-order valence-electron chi connectivity index (χ0n) is 11.8. The lowest BCUT2D eigenvalue weighted by Gasteiger charge is -2.08. The zero-order chi connectivity index (χ0) is 15.1. The topological polar surface area (TPSA) is 49.3 Å². The molecule has 0 aliphatic rings. The fourth-order valence-electron chi connectivity index (χ4n) is 1.87. The number of aryl methyl sites for hydroxylation is 1. The number of carbonyl (C=O) groups is 1. The van der Waals surface area contributed by atoms with Crippen molar-refractivity contribution in [3.05, 3.63) is 51.7 Å². The minimum absolute atomic E-state index is 0.0551. The van der Waals surface area contributed by atoms with Crippen molar-refractivity contribution in [1.82, 2.24) is 0 Å². The summed E-state index contributed by atoms with van der Waals surface area (Å²) in [7, 11) is 0. The van der Waals surface area contributed by atoms with E-state index in [1.54, 1.807) is 6.07 Å². The standard InChI is InChI=1S/C17H17NO2S/c1-2-13-7-3-4-9-15(13)18-17(20)16-11-10-14(21-16)8-5-6-12-19/h3-4,7,9-11,19H,2,6,12H2,1H3,(H,18,20). The number of thiophene rings is 1. The van der Waals surface area contributed by atoms with Gasteiger partial charge in [-0.15, -0.1) is 11.3 Å². The number of carbonyl (C=O) groups excluding carboxylic acids is 1. The summed E-state index contributed by atoms with van der Waals surface area (Å²) in [6.45, 7) is 2.12. The number of nitrogens with one attached hydrogen (secondary N) is 1. The van der Waals surface area contributed by atoms with Crippen LogP contribution in [0.5, 0.6) is 0 Å². The van der Waals surface area contributed by atoms with Gasteiger partial charge in [-0.2, -0.15) is 0 Å². The minimum atomic E-state index is -0.115. The van der Waals surface area contributed by atoms with E-state index < -0.39 is 0 Å². The number of aliphatic hydroxyl groups excluding tert-OH is 1. The van der Waals surface area contributed by atoms with Gasteiger partial charge in [-0.3, -0.25) is 4.79 Å². The Kier molecular flexibility index (Phi) is 5.56. The Bertz CT molecular complexity index is 679. The Morgan fingerprint density at radius 2 is 2.10 bits per heavy atom. The van der Waals surface area contributed by atoms with Crippen LogP contribution in [-0.2, 0) is 6.42 Å². The molecule has 0 aliphatic heterocycles. The highest BCUT2D eigenvalue weighted by Gasteiger charge is 2.10. The van der Waals surface area contributed by atoms with Crippen LogP contribution >= 0.6 is 11.3 Å². The molecule has 1 aromatic carbocycles. The molecule has 0 saturated carbocycles. The van der Waals surface area contributed by atoms with E-state index in [0.717, 1.165) is 22.5 Å². The summed E-state index contributed by atoms with van der Waals surface area (Å²) in [4.78, 5) is 13.7. The molecule has 1 aromatic heterocycles. The molecule has 0 radical (unpaired) electrons. The molecule has 0 bridgehead atoms. The molecule has 0 spiro atoms. The number of anilines is 1. The first kappa shape index (κ1) is 15.3. The maximum absolute atomic E-state index is 12.2. The van der Waals surface area contributed by atoms with Gasteiger partial charge < -0.3 is 10.4 Å². The normalized spacial score (nSPS) is 9.81. The molecule has 0 aliphatic carbocycles. The highest BCUT2D eigenvalue weighted by molar-refractivity contribution is 7.14. The van der Waals surface area contributed by atoms with E-state index in [1.165, 1.54) is 11.3 Å². The van der Waals surface area contributed by atoms with Gasteiger partial charge in [0.15, 0.2) is 0 Å². The predicted octanol–water partition coefficient (Wildman–Crippen LogP) is 3.30. The maximum atomic E-state index is 12.2. The Balaban J connectivity index is 2.09. The first-order valence-corrected chi connectivity index (χ1v) is 7.65. The summed E-state index contributed by atoms with van der Waals surface area (Å²) in [6.07, 6.45) is 1.32. The lowest BCUT2D eigenvalue weighted by Crippen LogP contribution is -2.11. The second-order valence-corrected chi connectivity index (χ2v) is 5.49. The number of rotatable bonds is 4. The van der Waals surface area contributed by atoms with E-state index in [2.05, 4.69) is 24.1 Å². The Hall–Kier alpha value is -2.09. The van der Waals surface area contributed by atoms with Gasteiger partial charge in [0.25, 0.3) is 5.91 Å². The van der Waals surface area contributed by atoms with Gasteiger partial charge in [0, 0.05) is 12.1 Å². The Morgan fingerprint density at radius 1 is 1.29 bits per heavy atom. The number of amides is 1. The van der Waals surface area contributed by atoms with Gasteiger partial charge in [0.05, 0.1) is 16.4 Å². The molecule has 3 nitrogen and oxygen atoms in total. The highest BCUT2D eigenvalue weighted by atomic mass is 32.1. The van der Waals surface area contributed by atoms with Crippen molar-refractivity contribution < 1.29 is 9.90 Å². The quantitative estimate of drug-likeness (QED) is 0.851. The summed E-state index contributed by atoms with van der Waals surface area (Å²) < 4.78 is 0. The lowest BCUT2D eigenvalue weighted by atomic mass is 10.1. The molecule has 108 valence electrons. The smallest absolute Gasteiger partial charge is 0.265 e. The average molecular weight is 299 g/mol. The third-order valence-corrected chi connectivity index (χ3v) is 3.92. The van der Waals surface area contributed by atoms with Crippen molar-refractivity contribution in [3.63, 3.8) is 0 Å². The van der Waals surface area contributed by atoms with E-state index in [9.17, 15) is 4.79 Å². The molecule has 0 atom stereocenters. The average Bonchev–Trinajstić information content (AvgIpc) is 2.97. The van der Waals surface area contributed by atoms with Gasteiger partial charge in [-0.05, 0) is 30.2 Å². The first-order valence-electron chi connectivity index (χ1n) is 6.83. The maximum Gasteiger partial charge on any atom is 0.265 e. The van der Waals surface area contributed by atoms with E-state index in [1.807, 2.05) is 30.3 Å². The fourth-order valence-corrected chi connectivity index (χ4v) is 2.64. The van der Waals surface area contributed by atoms with Crippen LogP contribution in [0, 0.1) is 11.8 Å². The van der Waals surface area contributed by atoms with Gasteiger partial charge >= 0.3 is 0 Å². The zero-order valence-corrected chi connectivity index (χ0v) is 12.7. The molecule has 0 saturated heterocycles. The van der Waals surface area contributed by atoms with Crippen LogP contribution in [0.1, 0.15) is 33.5 Å². The van der Waals surface area contributed by atoms with E-state index in [0.29, 0.717) is 11.3 Å². The van der Waals surface area contributed by atoms with Crippen LogP contribution in [0.3, 0.4) is 0 Å². The van der Waals surface area contributed by atoms with E-state index in [-0.39, 0.29) is 12.5 Å². The summed E-state index contributed by atoms with van der Waals surface area (Å²) in [5, 5.41) is 11.6. The van der Waals surface area contributed by atoms with Gasteiger partial charge in [0.1, 0.15) is 0 Å². The third kappa shape index (κ3) is 4.19. The SMILES string of the molecule is CCc1ccccc1NC(=O)c1ccc(C#CCCO)s1. The lowest BCUT2D eigenvalue weighted by molar-refractivity contribution is 0.103. The van der Waals surface area contributed by atoms with Crippen molar-refractivity contribution in [2.45, 2.75) is 19.8 Å². The molecule has 1 amide bonds. The first-order chi connectivity index (χ1) is 10.2. The molecule has 1 heterocycles. The van der Waals surface area contributed by atoms with E-state index >= 15 is 0 Å². The van der Waals surface area contributed by atoms with E-state index in [4.69, 9.17) is 5.11 Å². The second-order valence-electron chi connectivity index (χ2n) is 4.40. The predicted molar refractivity (Wildman–Crippen MR) is 86.7 cm³/mol. The van der Waals surface area contributed by atoms with Crippen molar-refractivity contribution in [1.29, 1.82) is 0 Å².